The molecule has 168 valence electrons. The van der Waals surface area contributed by atoms with Crippen molar-refractivity contribution in [3.63, 3.8) is 0 Å². The Morgan fingerprint density at radius 3 is 2.71 bits per heavy atom. The minimum absolute atomic E-state index is 0.127. The van der Waals surface area contributed by atoms with Crippen LogP contribution < -0.4 is 14.8 Å². The summed E-state index contributed by atoms with van der Waals surface area (Å²) in [4.78, 5) is 15.5. The van der Waals surface area contributed by atoms with E-state index in [0.29, 0.717) is 23.6 Å². The summed E-state index contributed by atoms with van der Waals surface area (Å²) in [5.74, 6) is 1.17. The van der Waals surface area contributed by atoms with Crippen LogP contribution in [0.25, 0.3) is 0 Å². The molecule has 0 spiro atoms. The van der Waals surface area contributed by atoms with Crippen molar-refractivity contribution in [2.24, 2.45) is 0 Å². The Bertz CT molecular complexity index is 825. The maximum Gasteiger partial charge on any atom is 0.255 e. The van der Waals surface area contributed by atoms with Crippen LogP contribution in [0.15, 0.2) is 36.7 Å². The first kappa shape index (κ1) is 21.7. The van der Waals surface area contributed by atoms with Crippen molar-refractivity contribution in [2.45, 2.75) is 63.6 Å². The maximum absolute atomic E-state index is 12.9. The fourth-order valence-corrected chi connectivity index (χ4v) is 4.69. The predicted molar refractivity (Wildman–Crippen MR) is 120 cm³/mol. The SMILES string of the molecule is COc1ccc(OC2CCN(C3CCCC3)CC2)c(C(=O)NCCCn2cccn2)c1. The van der Waals surface area contributed by atoms with E-state index in [4.69, 9.17) is 9.47 Å². The van der Waals surface area contributed by atoms with Gasteiger partial charge in [-0.25, -0.2) is 0 Å². The lowest BCUT2D eigenvalue weighted by molar-refractivity contribution is 0.0749. The smallest absolute Gasteiger partial charge is 0.255 e. The molecule has 2 aliphatic rings. The second-order valence-electron chi connectivity index (χ2n) is 8.53. The minimum atomic E-state index is -0.127. The number of rotatable bonds is 9. The van der Waals surface area contributed by atoms with E-state index in [0.717, 1.165) is 44.9 Å². The molecule has 7 nitrogen and oxygen atoms in total. The lowest BCUT2D eigenvalue weighted by Gasteiger charge is -2.36. The third-order valence-corrected chi connectivity index (χ3v) is 6.45. The molecule has 1 amide bonds. The molecule has 1 saturated carbocycles. The van der Waals surface area contributed by atoms with Gasteiger partial charge in [-0.2, -0.15) is 5.10 Å². The van der Waals surface area contributed by atoms with Crippen molar-refractivity contribution < 1.29 is 14.3 Å². The van der Waals surface area contributed by atoms with E-state index in [9.17, 15) is 4.79 Å². The summed E-state index contributed by atoms with van der Waals surface area (Å²) in [6, 6.07) is 8.16. The number of aryl methyl sites for hydroxylation is 1. The molecule has 7 heteroatoms. The number of aromatic nitrogens is 2. The number of amides is 1. The zero-order valence-corrected chi connectivity index (χ0v) is 18.5. The summed E-state index contributed by atoms with van der Waals surface area (Å²) >= 11 is 0. The van der Waals surface area contributed by atoms with E-state index in [-0.39, 0.29) is 12.0 Å². The number of nitrogens with one attached hydrogen (secondary N) is 1. The standard InChI is InChI=1S/C24H34N4O3/c1-30-21-8-9-23(31-20-10-16-27(17-11-20)19-6-2-3-7-19)22(18-21)24(29)25-12-4-14-28-15-5-13-26-28/h5,8-9,13,15,18-20H,2-4,6-7,10-12,14,16-17H2,1H3,(H,25,29). The molecule has 1 N–H and O–H groups in total. The molecule has 31 heavy (non-hydrogen) atoms. The molecule has 1 saturated heterocycles. The van der Waals surface area contributed by atoms with Gasteiger partial charge < -0.3 is 19.7 Å². The molecule has 1 aliphatic heterocycles. The normalized spacial score (nSPS) is 18.2. The zero-order valence-electron chi connectivity index (χ0n) is 18.5. The highest BCUT2D eigenvalue weighted by Gasteiger charge is 2.28. The lowest BCUT2D eigenvalue weighted by Crippen LogP contribution is -2.43. The van der Waals surface area contributed by atoms with E-state index >= 15 is 0 Å². The Balaban J connectivity index is 1.32. The molecule has 2 aromatic rings. The monoisotopic (exact) mass is 426 g/mol. The van der Waals surface area contributed by atoms with Crippen molar-refractivity contribution in [2.75, 3.05) is 26.7 Å². The van der Waals surface area contributed by atoms with Gasteiger partial charge in [0.2, 0.25) is 0 Å². The van der Waals surface area contributed by atoms with Crippen LogP contribution in [-0.2, 0) is 6.54 Å². The van der Waals surface area contributed by atoms with E-state index in [2.05, 4.69) is 15.3 Å². The number of piperidine rings is 1. The highest BCUT2D eigenvalue weighted by molar-refractivity contribution is 5.97. The zero-order chi connectivity index (χ0) is 21.5. The Morgan fingerprint density at radius 2 is 2.00 bits per heavy atom. The van der Waals surface area contributed by atoms with Crippen molar-refractivity contribution in [1.82, 2.24) is 20.0 Å². The summed E-state index contributed by atoms with van der Waals surface area (Å²) in [7, 11) is 1.61. The van der Waals surface area contributed by atoms with Gasteiger partial charge in [0.15, 0.2) is 0 Å². The number of benzene rings is 1. The van der Waals surface area contributed by atoms with Gasteiger partial charge in [0.25, 0.3) is 5.91 Å². The first-order valence-electron chi connectivity index (χ1n) is 11.6. The first-order valence-corrected chi connectivity index (χ1v) is 11.6. The van der Waals surface area contributed by atoms with Crippen LogP contribution in [0.4, 0.5) is 0 Å². The van der Waals surface area contributed by atoms with E-state index in [1.807, 2.05) is 29.1 Å². The first-order chi connectivity index (χ1) is 15.2. The van der Waals surface area contributed by atoms with Gasteiger partial charge in [0.1, 0.15) is 17.6 Å². The number of hydrogen-bond donors (Lipinski definition) is 1. The highest BCUT2D eigenvalue weighted by atomic mass is 16.5. The van der Waals surface area contributed by atoms with Crippen LogP contribution >= 0.6 is 0 Å². The number of ether oxygens (including phenoxy) is 2. The lowest BCUT2D eigenvalue weighted by atomic mass is 10.0. The topological polar surface area (TPSA) is 68.6 Å². The highest BCUT2D eigenvalue weighted by Crippen LogP contribution is 2.30. The Morgan fingerprint density at radius 1 is 1.19 bits per heavy atom. The number of carbonyl (C=O) groups excluding carboxylic acids is 1. The summed E-state index contributed by atoms with van der Waals surface area (Å²) in [5, 5.41) is 7.20. The van der Waals surface area contributed by atoms with Crippen molar-refractivity contribution >= 4 is 5.91 Å². The van der Waals surface area contributed by atoms with Crippen LogP contribution in [0.2, 0.25) is 0 Å². The van der Waals surface area contributed by atoms with Gasteiger partial charge in [-0.3, -0.25) is 9.48 Å². The average molecular weight is 427 g/mol. The van der Waals surface area contributed by atoms with E-state index in [1.165, 1.54) is 25.7 Å². The second-order valence-corrected chi connectivity index (χ2v) is 8.53. The molecule has 0 unspecified atom stereocenters. The molecule has 1 aromatic carbocycles. The maximum atomic E-state index is 12.9. The molecule has 1 aromatic heterocycles. The predicted octanol–water partition coefficient (Wildman–Crippen LogP) is 3.50. The van der Waals surface area contributed by atoms with E-state index in [1.54, 1.807) is 19.4 Å². The second kappa shape index (κ2) is 10.7. The third-order valence-electron chi connectivity index (χ3n) is 6.45. The van der Waals surface area contributed by atoms with Gasteiger partial charge >= 0.3 is 0 Å². The largest absolute Gasteiger partial charge is 0.497 e. The quantitative estimate of drug-likeness (QED) is 0.622. The molecule has 4 rings (SSSR count). The molecule has 0 bridgehead atoms. The number of nitrogens with zero attached hydrogens (tertiary/aromatic N) is 3. The van der Waals surface area contributed by atoms with Crippen LogP contribution in [0.1, 0.15) is 55.3 Å². The van der Waals surface area contributed by atoms with Gasteiger partial charge in [0, 0.05) is 44.6 Å². The van der Waals surface area contributed by atoms with Crippen LogP contribution in [0, 0.1) is 0 Å². The van der Waals surface area contributed by atoms with Gasteiger partial charge in [-0.1, -0.05) is 12.8 Å². The summed E-state index contributed by atoms with van der Waals surface area (Å²) < 4.78 is 13.5. The van der Waals surface area contributed by atoms with Crippen molar-refractivity contribution in [1.29, 1.82) is 0 Å². The molecule has 0 radical (unpaired) electrons. The third kappa shape index (κ3) is 5.79. The molecule has 0 atom stereocenters. The van der Waals surface area contributed by atoms with Gasteiger partial charge in [0.05, 0.1) is 12.7 Å². The summed E-state index contributed by atoms with van der Waals surface area (Å²) in [6.07, 6.45) is 12.1. The Labute approximate surface area is 184 Å². The van der Waals surface area contributed by atoms with Crippen molar-refractivity contribution in [3.8, 4) is 11.5 Å². The van der Waals surface area contributed by atoms with Crippen LogP contribution in [0.3, 0.4) is 0 Å². The fourth-order valence-electron chi connectivity index (χ4n) is 4.69. The Kier molecular flexibility index (Phi) is 7.46. The number of methoxy groups -OCH3 is 1. The number of likely N-dealkylation sites (tertiary alicyclic amines) is 1. The van der Waals surface area contributed by atoms with Crippen LogP contribution in [0.5, 0.6) is 11.5 Å². The Hall–Kier alpha value is -2.54. The van der Waals surface area contributed by atoms with Crippen LogP contribution in [-0.4, -0.2) is 59.5 Å². The molecule has 2 heterocycles. The average Bonchev–Trinajstić information content (AvgIpc) is 3.52. The van der Waals surface area contributed by atoms with E-state index < -0.39 is 0 Å². The molecule has 2 fully saturated rings. The minimum Gasteiger partial charge on any atom is -0.497 e. The molecular weight excluding hydrogens is 392 g/mol. The fraction of sp³-hybridized carbons (Fsp3) is 0.583. The molecular formula is C24H34N4O3. The summed E-state index contributed by atoms with van der Waals surface area (Å²) in [6.45, 7) is 3.52. The molecule has 1 aliphatic carbocycles. The van der Waals surface area contributed by atoms with Gasteiger partial charge in [-0.15, -0.1) is 0 Å². The number of carbonyl (C=O) groups is 1. The number of hydrogen-bond acceptors (Lipinski definition) is 5. The summed E-state index contributed by atoms with van der Waals surface area (Å²) in [5.41, 5.74) is 0.539. The van der Waals surface area contributed by atoms with Gasteiger partial charge in [-0.05, 0) is 56.4 Å². The van der Waals surface area contributed by atoms with Crippen molar-refractivity contribution in [3.05, 3.63) is 42.2 Å².